The van der Waals surface area contributed by atoms with Crippen molar-refractivity contribution in [2.45, 2.75) is 40.0 Å². The van der Waals surface area contributed by atoms with E-state index in [1.165, 1.54) is 25.5 Å². The zero-order chi connectivity index (χ0) is 9.40. The summed E-state index contributed by atoms with van der Waals surface area (Å²) >= 11 is 0. The van der Waals surface area contributed by atoms with Crippen LogP contribution in [0.25, 0.3) is 0 Å². The molecule has 12 heavy (non-hydrogen) atoms. The molecule has 0 aliphatic carbocycles. The summed E-state index contributed by atoms with van der Waals surface area (Å²) in [5.41, 5.74) is 0. The van der Waals surface area contributed by atoms with Crippen LogP contribution in [0.5, 0.6) is 0 Å². The van der Waals surface area contributed by atoms with E-state index < -0.39 is 0 Å². The highest BCUT2D eigenvalue weighted by atomic mass is 16.5. The van der Waals surface area contributed by atoms with E-state index in [1.807, 2.05) is 0 Å². The van der Waals surface area contributed by atoms with E-state index in [0.717, 1.165) is 12.5 Å². The van der Waals surface area contributed by atoms with Gasteiger partial charge in [0.15, 0.2) is 0 Å². The average Bonchev–Trinajstić information content (AvgIpc) is 2.10. The van der Waals surface area contributed by atoms with Crippen molar-refractivity contribution in [1.82, 2.24) is 0 Å². The molecule has 1 heteroatoms. The summed E-state index contributed by atoms with van der Waals surface area (Å²) in [6.07, 6.45) is 5.40. The number of ether oxygens (including phenoxy) is 1. The Morgan fingerprint density at radius 2 is 1.83 bits per heavy atom. The van der Waals surface area contributed by atoms with Crippen molar-refractivity contribution in [3.8, 4) is 0 Å². The molecular formula is C11H22O. The normalized spacial score (nSPS) is 15.2. The first kappa shape index (κ1) is 11.5. The smallest absolute Gasteiger partial charge is 0.0898 e. The van der Waals surface area contributed by atoms with Crippen LogP contribution in [0.3, 0.4) is 0 Å². The summed E-state index contributed by atoms with van der Waals surface area (Å²) in [6.45, 7) is 11.1. The fourth-order valence-electron chi connectivity index (χ4n) is 1.09. The molecule has 72 valence electrons. The van der Waals surface area contributed by atoms with Gasteiger partial charge in [0.1, 0.15) is 0 Å². The minimum Gasteiger partial charge on any atom is -0.502 e. The molecule has 0 aromatic carbocycles. The highest BCUT2D eigenvalue weighted by Crippen LogP contribution is 2.14. The van der Waals surface area contributed by atoms with Crippen molar-refractivity contribution in [2.75, 3.05) is 6.61 Å². The molecule has 0 spiro atoms. The lowest BCUT2D eigenvalue weighted by molar-refractivity contribution is 0.193. The molecule has 0 radical (unpaired) electrons. The van der Waals surface area contributed by atoms with Crippen molar-refractivity contribution in [2.24, 2.45) is 11.8 Å². The standard InChI is InChI=1S/C11H22O/c1-5-10(3)7-8-11(4)9-12-6-2/h6,10-11H,2,5,7-9H2,1,3-4H3. The minimum atomic E-state index is 0.664. The van der Waals surface area contributed by atoms with Gasteiger partial charge in [-0.25, -0.2) is 0 Å². The van der Waals surface area contributed by atoms with Crippen LogP contribution in [0.2, 0.25) is 0 Å². The first-order chi connectivity index (χ1) is 5.70. The van der Waals surface area contributed by atoms with Crippen molar-refractivity contribution >= 4 is 0 Å². The molecule has 0 N–H and O–H groups in total. The monoisotopic (exact) mass is 170 g/mol. The van der Waals surface area contributed by atoms with Crippen molar-refractivity contribution < 1.29 is 4.74 Å². The van der Waals surface area contributed by atoms with Gasteiger partial charge in [-0.1, -0.05) is 40.2 Å². The molecule has 2 atom stereocenters. The molecule has 0 heterocycles. The largest absolute Gasteiger partial charge is 0.502 e. The Morgan fingerprint density at radius 3 is 2.33 bits per heavy atom. The lowest BCUT2D eigenvalue weighted by Gasteiger charge is -2.13. The highest BCUT2D eigenvalue weighted by molar-refractivity contribution is 4.58. The average molecular weight is 170 g/mol. The number of rotatable bonds is 7. The van der Waals surface area contributed by atoms with Gasteiger partial charge >= 0.3 is 0 Å². The second-order valence-corrected chi connectivity index (χ2v) is 3.70. The van der Waals surface area contributed by atoms with Crippen molar-refractivity contribution in [3.05, 3.63) is 12.8 Å². The summed E-state index contributed by atoms with van der Waals surface area (Å²) in [4.78, 5) is 0. The molecule has 0 aromatic heterocycles. The van der Waals surface area contributed by atoms with E-state index in [0.29, 0.717) is 5.92 Å². The van der Waals surface area contributed by atoms with Gasteiger partial charge in [0, 0.05) is 0 Å². The molecule has 2 unspecified atom stereocenters. The lowest BCUT2D eigenvalue weighted by atomic mass is 9.97. The SMILES string of the molecule is C=COCC(C)CCC(C)CC. The molecule has 1 nitrogen and oxygen atoms in total. The van der Waals surface area contributed by atoms with Crippen LogP contribution >= 0.6 is 0 Å². The van der Waals surface area contributed by atoms with Gasteiger partial charge < -0.3 is 4.74 Å². The van der Waals surface area contributed by atoms with Crippen LogP contribution < -0.4 is 0 Å². The van der Waals surface area contributed by atoms with Crippen LogP contribution in [0.1, 0.15) is 40.0 Å². The second kappa shape index (κ2) is 7.20. The summed E-state index contributed by atoms with van der Waals surface area (Å²) in [6, 6.07) is 0. The van der Waals surface area contributed by atoms with Crippen LogP contribution in [0.4, 0.5) is 0 Å². The van der Waals surface area contributed by atoms with Gasteiger partial charge in [-0.15, -0.1) is 0 Å². The maximum Gasteiger partial charge on any atom is 0.0898 e. The molecule has 0 aromatic rings. The van der Waals surface area contributed by atoms with Gasteiger partial charge in [0.2, 0.25) is 0 Å². The van der Waals surface area contributed by atoms with Gasteiger partial charge in [0.25, 0.3) is 0 Å². The first-order valence-corrected chi connectivity index (χ1v) is 4.93. The first-order valence-electron chi connectivity index (χ1n) is 4.93. The van der Waals surface area contributed by atoms with E-state index in [1.54, 1.807) is 0 Å². The van der Waals surface area contributed by atoms with Gasteiger partial charge in [-0.05, 0) is 18.3 Å². The third-order valence-electron chi connectivity index (χ3n) is 2.35. The quantitative estimate of drug-likeness (QED) is 0.530. The second-order valence-electron chi connectivity index (χ2n) is 3.70. The summed E-state index contributed by atoms with van der Waals surface area (Å²) in [7, 11) is 0. The Bertz CT molecular complexity index is 110. The highest BCUT2D eigenvalue weighted by Gasteiger charge is 2.04. The third-order valence-corrected chi connectivity index (χ3v) is 2.35. The van der Waals surface area contributed by atoms with Crippen LogP contribution in [0, 0.1) is 11.8 Å². The fourth-order valence-corrected chi connectivity index (χ4v) is 1.09. The Kier molecular flexibility index (Phi) is 6.93. The molecular weight excluding hydrogens is 148 g/mol. The zero-order valence-electron chi connectivity index (χ0n) is 8.68. The van der Waals surface area contributed by atoms with Crippen molar-refractivity contribution in [1.29, 1.82) is 0 Å². The predicted octanol–water partition coefficient (Wildman–Crippen LogP) is 3.61. The fraction of sp³-hybridized carbons (Fsp3) is 0.818. The molecule has 0 bridgehead atoms. The minimum absolute atomic E-state index is 0.664. The van der Waals surface area contributed by atoms with E-state index >= 15 is 0 Å². The molecule has 0 saturated heterocycles. The summed E-state index contributed by atoms with van der Waals surface area (Å²) < 4.78 is 5.13. The van der Waals surface area contributed by atoms with Crippen LogP contribution in [-0.4, -0.2) is 6.61 Å². The summed E-state index contributed by atoms with van der Waals surface area (Å²) in [5, 5.41) is 0. The molecule has 0 aliphatic heterocycles. The Labute approximate surface area is 76.8 Å². The maximum absolute atomic E-state index is 5.13. The van der Waals surface area contributed by atoms with Crippen molar-refractivity contribution in [3.63, 3.8) is 0 Å². The Hall–Kier alpha value is -0.460. The molecule has 0 amide bonds. The van der Waals surface area contributed by atoms with Crippen LogP contribution in [0.15, 0.2) is 12.8 Å². The molecule has 0 rings (SSSR count). The molecule has 0 fully saturated rings. The van der Waals surface area contributed by atoms with E-state index in [2.05, 4.69) is 27.4 Å². The maximum atomic E-state index is 5.13. The van der Waals surface area contributed by atoms with Gasteiger partial charge in [-0.3, -0.25) is 0 Å². The molecule has 0 aliphatic rings. The summed E-state index contributed by atoms with van der Waals surface area (Å²) in [5.74, 6) is 1.52. The lowest BCUT2D eigenvalue weighted by Crippen LogP contribution is -2.05. The van der Waals surface area contributed by atoms with E-state index in [-0.39, 0.29) is 0 Å². The van der Waals surface area contributed by atoms with Gasteiger partial charge in [0.05, 0.1) is 12.9 Å². The zero-order valence-corrected chi connectivity index (χ0v) is 8.68. The van der Waals surface area contributed by atoms with E-state index in [9.17, 15) is 0 Å². The Balaban J connectivity index is 3.29. The number of hydrogen-bond acceptors (Lipinski definition) is 1. The van der Waals surface area contributed by atoms with Crippen LogP contribution in [-0.2, 0) is 4.74 Å². The third kappa shape index (κ3) is 6.26. The number of hydrogen-bond donors (Lipinski definition) is 0. The Morgan fingerprint density at radius 1 is 1.25 bits per heavy atom. The topological polar surface area (TPSA) is 9.23 Å². The predicted molar refractivity (Wildman–Crippen MR) is 54.0 cm³/mol. The molecule has 0 saturated carbocycles. The van der Waals surface area contributed by atoms with Gasteiger partial charge in [-0.2, -0.15) is 0 Å². The van der Waals surface area contributed by atoms with E-state index in [4.69, 9.17) is 4.74 Å².